The van der Waals surface area contributed by atoms with Crippen LogP contribution in [0.15, 0.2) is 0 Å². The van der Waals surface area contributed by atoms with Crippen LogP contribution in [0.1, 0.15) is 72.9 Å². The lowest BCUT2D eigenvalue weighted by Gasteiger charge is -2.40. The van der Waals surface area contributed by atoms with Crippen molar-refractivity contribution < 1.29 is 19.4 Å². The van der Waals surface area contributed by atoms with Crippen molar-refractivity contribution in [3.63, 3.8) is 0 Å². The molecule has 1 aromatic carbocycles. The SMILES string of the molecule is CCOC(=O)[C@@H](O)c1c(C)c2c(c(C)c1[Si](C)(C)C)CN(C1CCCCC1)C(=O)C2. The number of aliphatic hydroxyl groups excluding tert-OH is 1. The van der Waals surface area contributed by atoms with E-state index in [1.807, 2.05) is 6.92 Å². The van der Waals surface area contributed by atoms with Gasteiger partial charge in [0, 0.05) is 12.6 Å². The zero-order chi connectivity index (χ0) is 22.2. The molecule has 1 saturated carbocycles. The molecule has 0 radical (unpaired) electrons. The molecular weight excluding hydrogens is 394 g/mol. The highest BCUT2D eigenvalue weighted by Gasteiger charge is 2.38. The van der Waals surface area contributed by atoms with Crippen LogP contribution >= 0.6 is 0 Å². The summed E-state index contributed by atoms with van der Waals surface area (Å²) in [5.74, 6) is -0.431. The fraction of sp³-hybridized carbons (Fsp3) is 0.667. The van der Waals surface area contributed by atoms with E-state index in [0.717, 1.165) is 34.7 Å². The summed E-state index contributed by atoms with van der Waals surface area (Å²) in [6, 6.07) is 0.347. The first-order chi connectivity index (χ1) is 14.1. The molecule has 30 heavy (non-hydrogen) atoms. The average molecular weight is 432 g/mol. The van der Waals surface area contributed by atoms with E-state index in [1.54, 1.807) is 6.92 Å². The Kier molecular flexibility index (Phi) is 6.77. The quantitative estimate of drug-likeness (QED) is 0.571. The fourth-order valence-electron chi connectivity index (χ4n) is 5.49. The number of ether oxygens (including phenoxy) is 1. The van der Waals surface area contributed by atoms with Crippen LogP contribution in [0.3, 0.4) is 0 Å². The van der Waals surface area contributed by atoms with Crippen molar-refractivity contribution in [1.29, 1.82) is 0 Å². The molecule has 1 atom stereocenters. The number of fused-ring (bicyclic) bond motifs is 1. The van der Waals surface area contributed by atoms with Crippen molar-refractivity contribution >= 4 is 25.1 Å². The first-order valence-electron chi connectivity index (χ1n) is 11.4. The molecule has 1 heterocycles. The topological polar surface area (TPSA) is 66.8 Å². The number of rotatable bonds is 5. The van der Waals surface area contributed by atoms with Crippen LogP contribution in [0.4, 0.5) is 0 Å². The van der Waals surface area contributed by atoms with E-state index in [1.165, 1.54) is 24.8 Å². The number of hydrogen-bond donors (Lipinski definition) is 1. The zero-order valence-corrected chi connectivity index (χ0v) is 20.4. The number of esters is 1. The van der Waals surface area contributed by atoms with E-state index in [-0.39, 0.29) is 12.5 Å². The van der Waals surface area contributed by atoms with Gasteiger partial charge in [-0.15, -0.1) is 0 Å². The average Bonchev–Trinajstić information content (AvgIpc) is 2.69. The lowest BCUT2D eigenvalue weighted by Crippen LogP contribution is -2.49. The largest absolute Gasteiger partial charge is 0.464 e. The summed E-state index contributed by atoms with van der Waals surface area (Å²) in [6.45, 7) is 13.4. The van der Waals surface area contributed by atoms with Gasteiger partial charge in [0.15, 0.2) is 6.10 Å². The molecule has 1 aliphatic heterocycles. The molecule has 1 fully saturated rings. The van der Waals surface area contributed by atoms with Gasteiger partial charge in [-0.25, -0.2) is 4.79 Å². The molecule has 6 heteroatoms. The summed E-state index contributed by atoms with van der Waals surface area (Å²) in [7, 11) is -1.89. The summed E-state index contributed by atoms with van der Waals surface area (Å²) >= 11 is 0. The normalized spacial score (nSPS) is 18.9. The van der Waals surface area contributed by atoms with Crippen LogP contribution < -0.4 is 5.19 Å². The van der Waals surface area contributed by atoms with E-state index < -0.39 is 20.1 Å². The molecule has 0 spiro atoms. The predicted molar refractivity (Wildman–Crippen MR) is 122 cm³/mol. The molecule has 0 unspecified atom stereocenters. The molecule has 0 bridgehead atoms. The lowest BCUT2D eigenvalue weighted by atomic mass is 9.84. The van der Waals surface area contributed by atoms with E-state index in [9.17, 15) is 14.7 Å². The minimum atomic E-state index is -1.89. The van der Waals surface area contributed by atoms with Crippen molar-refractivity contribution in [2.24, 2.45) is 0 Å². The summed E-state index contributed by atoms with van der Waals surface area (Å²) in [5, 5.41) is 12.1. The van der Waals surface area contributed by atoms with Gasteiger partial charge in [0.1, 0.15) is 0 Å². The van der Waals surface area contributed by atoms with Gasteiger partial charge in [0.2, 0.25) is 5.91 Å². The second kappa shape index (κ2) is 8.83. The van der Waals surface area contributed by atoms with E-state index in [2.05, 4.69) is 31.5 Å². The molecule has 0 aromatic heterocycles. The summed E-state index contributed by atoms with van der Waals surface area (Å²) in [4.78, 5) is 27.6. The van der Waals surface area contributed by atoms with Crippen LogP contribution in [0, 0.1) is 13.8 Å². The molecule has 1 aromatic rings. The maximum absolute atomic E-state index is 13.1. The predicted octanol–water partition coefficient (Wildman–Crippen LogP) is 3.66. The third-order valence-electron chi connectivity index (χ3n) is 6.84. The van der Waals surface area contributed by atoms with Crippen molar-refractivity contribution in [3.05, 3.63) is 27.8 Å². The molecule has 166 valence electrons. The third kappa shape index (κ3) is 4.21. The Balaban J connectivity index is 2.13. The van der Waals surface area contributed by atoms with Gasteiger partial charge >= 0.3 is 5.97 Å². The number of hydrogen-bond acceptors (Lipinski definition) is 4. The van der Waals surface area contributed by atoms with Gasteiger partial charge < -0.3 is 14.7 Å². The van der Waals surface area contributed by atoms with Crippen LogP contribution in [0.2, 0.25) is 19.6 Å². The molecular formula is C24H37NO4Si. The first-order valence-corrected chi connectivity index (χ1v) is 14.9. The van der Waals surface area contributed by atoms with Crippen LogP contribution in [-0.4, -0.2) is 42.6 Å². The number of aliphatic hydroxyl groups is 1. The van der Waals surface area contributed by atoms with E-state index in [4.69, 9.17) is 4.74 Å². The van der Waals surface area contributed by atoms with Crippen molar-refractivity contribution in [2.75, 3.05) is 6.61 Å². The minimum Gasteiger partial charge on any atom is -0.464 e. The number of benzene rings is 1. The zero-order valence-electron chi connectivity index (χ0n) is 19.4. The Bertz CT molecular complexity index is 837. The Morgan fingerprint density at radius 1 is 1.13 bits per heavy atom. The molecule has 5 nitrogen and oxygen atoms in total. The molecule has 1 aliphatic carbocycles. The standard InChI is InChI=1S/C24H37NO4Si/c1-7-29-24(28)22(27)21-15(2)18-13-20(26)25(17-11-9-8-10-12-17)14-19(18)16(3)23(21)30(4,5)6/h17,22,27H,7-14H2,1-6H3/t22-/m0/s1. The smallest absolute Gasteiger partial charge is 0.339 e. The van der Waals surface area contributed by atoms with Crippen LogP contribution in [-0.2, 0) is 27.3 Å². The van der Waals surface area contributed by atoms with Gasteiger partial charge in [0.05, 0.1) is 21.1 Å². The van der Waals surface area contributed by atoms with Gasteiger partial charge in [-0.2, -0.15) is 0 Å². The molecule has 3 rings (SSSR count). The maximum Gasteiger partial charge on any atom is 0.339 e. The van der Waals surface area contributed by atoms with E-state index >= 15 is 0 Å². The highest BCUT2D eigenvalue weighted by atomic mass is 28.3. The minimum absolute atomic E-state index is 0.175. The number of carbonyl (C=O) groups is 2. The molecule has 1 amide bonds. The van der Waals surface area contributed by atoms with E-state index in [0.29, 0.717) is 24.6 Å². The Labute approximate surface area is 181 Å². The Morgan fingerprint density at radius 2 is 1.77 bits per heavy atom. The maximum atomic E-state index is 13.1. The van der Waals surface area contributed by atoms with Crippen molar-refractivity contribution in [2.45, 2.75) is 97.6 Å². The van der Waals surface area contributed by atoms with Crippen molar-refractivity contribution in [3.8, 4) is 0 Å². The van der Waals surface area contributed by atoms with Gasteiger partial charge in [0.25, 0.3) is 0 Å². The lowest BCUT2D eigenvalue weighted by molar-refractivity contribution is -0.153. The van der Waals surface area contributed by atoms with Gasteiger partial charge in [-0.05, 0) is 61.4 Å². The number of amides is 1. The highest BCUT2D eigenvalue weighted by molar-refractivity contribution is 6.89. The second-order valence-corrected chi connectivity index (χ2v) is 14.9. The summed E-state index contributed by atoms with van der Waals surface area (Å²) < 4.78 is 5.13. The summed E-state index contributed by atoms with van der Waals surface area (Å²) in [6.07, 6.45) is 4.91. The van der Waals surface area contributed by atoms with Gasteiger partial charge in [-0.1, -0.05) is 44.1 Å². The third-order valence-corrected chi connectivity index (χ3v) is 8.99. The van der Waals surface area contributed by atoms with Crippen LogP contribution in [0.5, 0.6) is 0 Å². The number of nitrogens with zero attached hydrogens (tertiary/aromatic N) is 1. The fourth-order valence-corrected chi connectivity index (χ4v) is 7.90. The monoisotopic (exact) mass is 431 g/mol. The Hall–Kier alpha value is -1.66. The molecule has 2 aliphatic rings. The second-order valence-electron chi connectivity index (χ2n) is 9.89. The number of carbonyl (C=O) groups excluding carboxylic acids is 2. The first kappa shape index (κ1) is 23.0. The Morgan fingerprint density at radius 3 is 2.33 bits per heavy atom. The van der Waals surface area contributed by atoms with Crippen LogP contribution in [0.25, 0.3) is 0 Å². The van der Waals surface area contributed by atoms with Crippen molar-refractivity contribution in [1.82, 2.24) is 4.90 Å². The molecule has 0 saturated heterocycles. The molecule has 1 N–H and O–H groups in total. The summed E-state index contributed by atoms with van der Waals surface area (Å²) in [5.41, 5.74) is 4.97. The van der Waals surface area contributed by atoms with Gasteiger partial charge in [-0.3, -0.25) is 4.79 Å². The highest BCUT2D eigenvalue weighted by Crippen LogP contribution is 2.35.